The van der Waals surface area contributed by atoms with Crippen LogP contribution in [0.2, 0.25) is 0 Å². The van der Waals surface area contributed by atoms with Crippen LogP contribution in [-0.2, 0) is 19.6 Å². The standard InChI is InChI=1S/C10H10BrFN2O5S/c11-5-1-2-8(6(12)3-5)20(18,19)14-7(10(16)17)4-9(13)15/h1-3,7,14H,4H2,(H2,13,15)(H,16,17). The van der Waals surface area contributed by atoms with E-state index in [9.17, 15) is 22.4 Å². The number of nitrogens with two attached hydrogens (primary N) is 1. The second kappa shape index (κ2) is 6.29. The second-order valence-electron chi connectivity index (χ2n) is 3.76. The Labute approximate surface area is 122 Å². The first-order chi connectivity index (χ1) is 9.13. The van der Waals surface area contributed by atoms with Crippen LogP contribution in [-0.4, -0.2) is 31.4 Å². The summed E-state index contributed by atoms with van der Waals surface area (Å²) in [7, 11) is -4.43. The fourth-order valence-corrected chi connectivity index (χ4v) is 2.91. The Morgan fingerprint density at radius 1 is 1.45 bits per heavy atom. The maximum atomic E-state index is 13.6. The molecule has 1 aromatic rings. The largest absolute Gasteiger partial charge is 0.480 e. The maximum absolute atomic E-state index is 13.6. The summed E-state index contributed by atoms with van der Waals surface area (Å²) < 4.78 is 39.4. The Balaban J connectivity index is 3.09. The molecule has 0 aliphatic rings. The zero-order valence-electron chi connectivity index (χ0n) is 9.84. The molecule has 7 nitrogen and oxygen atoms in total. The molecule has 110 valence electrons. The molecule has 0 aliphatic carbocycles. The van der Waals surface area contributed by atoms with Gasteiger partial charge in [0.2, 0.25) is 15.9 Å². The van der Waals surface area contributed by atoms with Gasteiger partial charge >= 0.3 is 5.97 Å². The molecule has 0 saturated heterocycles. The van der Waals surface area contributed by atoms with Crippen LogP contribution in [0.4, 0.5) is 4.39 Å². The van der Waals surface area contributed by atoms with Gasteiger partial charge in [-0.2, -0.15) is 4.72 Å². The van der Waals surface area contributed by atoms with E-state index in [4.69, 9.17) is 10.8 Å². The van der Waals surface area contributed by atoms with E-state index in [1.807, 2.05) is 0 Å². The lowest BCUT2D eigenvalue weighted by atomic mass is 10.2. The highest BCUT2D eigenvalue weighted by molar-refractivity contribution is 9.10. The molecule has 0 aromatic heterocycles. The van der Waals surface area contributed by atoms with Gasteiger partial charge in [0.15, 0.2) is 0 Å². The first-order valence-corrected chi connectivity index (χ1v) is 7.39. The summed E-state index contributed by atoms with van der Waals surface area (Å²) in [5.74, 6) is -3.66. The minimum absolute atomic E-state index is 0.320. The number of benzene rings is 1. The first kappa shape index (κ1) is 16.5. The quantitative estimate of drug-likeness (QED) is 0.660. The van der Waals surface area contributed by atoms with Crippen LogP contribution in [0.15, 0.2) is 27.6 Å². The predicted octanol–water partition coefficient (Wildman–Crippen LogP) is 0.195. The third-order valence-corrected chi connectivity index (χ3v) is 4.18. The zero-order chi connectivity index (χ0) is 15.5. The van der Waals surface area contributed by atoms with Crippen LogP contribution < -0.4 is 10.5 Å². The number of carboxylic acids is 1. The highest BCUT2D eigenvalue weighted by atomic mass is 79.9. The number of nitrogens with one attached hydrogen (secondary N) is 1. The van der Waals surface area contributed by atoms with Gasteiger partial charge in [0.25, 0.3) is 0 Å². The van der Waals surface area contributed by atoms with E-state index in [0.29, 0.717) is 4.47 Å². The molecule has 1 unspecified atom stereocenters. The number of hydrogen-bond acceptors (Lipinski definition) is 4. The Kier molecular flexibility index (Phi) is 5.20. The van der Waals surface area contributed by atoms with Gasteiger partial charge in [-0.15, -0.1) is 0 Å². The number of halogens is 2. The Hall–Kier alpha value is -1.52. The van der Waals surface area contributed by atoms with Gasteiger partial charge in [-0.25, -0.2) is 12.8 Å². The number of amides is 1. The van der Waals surface area contributed by atoms with Crippen molar-refractivity contribution in [2.75, 3.05) is 0 Å². The van der Waals surface area contributed by atoms with E-state index in [0.717, 1.165) is 12.1 Å². The third kappa shape index (κ3) is 4.25. The average molecular weight is 369 g/mol. The fraction of sp³-hybridized carbons (Fsp3) is 0.200. The molecular formula is C10H10BrFN2O5S. The number of aliphatic carboxylic acids is 1. The number of primary amides is 1. The Morgan fingerprint density at radius 3 is 2.50 bits per heavy atom. The number of carbonyl (C=O) groups is 2. The normalized spacial score (nSPS) is 12.9. The summed E-state index contributed by atoms with van der Waals surface area (Å²) in [6.45, 7) is 0. The summed E-state index contributed by atoms with van der Waals surface area (Å²) in [5, 5.41) is 8.81. The van der Waals surface area contributed by atoms with Crippen molar-refractivity contribution in [1.82, 2.24) is 4.72 Å². The van der Waals surface area contributed by atoms with Gasteiger partial charge in [0.05, 0.1) is 6.42 Å². The van der Waals surface area contributed by atoms with Gasteiger partial charge in [-0.05, 0) is 18.2 Å². The van der Waals surface area contributed by atoms with Crippen molar-refractivity contribution in [2.45, 2.75) is 17.4 Å². The highest BCUT2D eigenvalue weighted by Crippen LogP contribution is 2.19. The molecule has 1 amide bonds. The van der Waals surface area contributed by atoms with E-state index in [1.165, 1.54) is 6.07 Å². The lowest BCUT2D eigenvalue weighted by Crippen LogP contribution is -2.43. The molecular weight excluding hydrogens is 359 g/mol. The maximum Gasteiger partial charge on any atom is 0.322 e. The first-order valence-electron chi connectivity index (χ1n) is 5.12. The monoisotopic (exact) mass is 368 g/mol. The van der Waals surface area contributed by atoms with Crippen molar-refractivity contribution in [3.8, 4) is 0 Å². The average Bonchev–Trinajstić information content (AvgIpc) is 2.26. The van der Waals surface area contributed by atoms with Crippen LogP contribution in [0.3, 0.4) is 0 Å². The number of carbonyl (C=O) groups excluding carboxylic acids is 1. The van der Waals surface area contributed by atoms with Crippen molar-refractivity contribution in [1.29, 1.82) is 0 Å². The zero-order valence-corrected chi connectivity index (χ0v) is 12.2. The molecule has 0 aliphatic heterocycles. The summed E-state index contributed by atoms with van der Waals surface area (Å²) in [5.41, 5.74) is 4.82. The third-order valence-electron chi connectivity index (χ3n) is 2.18. The van der Waals surface area contributed by atoms with Crippen LogP contribution in [0.5, 0.6) is 0 Å². The lowest BCUT2D eigenvalue weighted by molar-refractivity contribution is -0.140. The van der Waals surface area contributed by atoms with Crippen molar-refractivity contribution in [2.24, 2.45) is 5.73 Å². The molecule has 20 heavy (non-hydrogen) atoms. The van der Waals surface area contributed by atoms with Crippen molar-refractivity contribution in [3.63, 3.8) is 0 Å². The molecule has 0 spiro atoms. The Bertz CT molecular complexity index is 649. The van der Waals surface area contributed by atoms with Gasteiger partial charge < -0.3 is 10.8 Å². The van der Waals surface area contributed by atoms with E-state index in [2.05, 4.69) is 15.9 Å². The minimum Gasteiger partial charge on any atom is -0.480 e. The summed E-state index contributed by atoms with van der Waals surface area (Å²) in [6, 6.07) is 1.39. The van der Waals surface area contributed by atoms with Crippen molar-refractivity contribution < 1.29 is 27.5 Å². The predicted molar refractivity (Wildman–Crippen MR) is 69.7 cm³/mol. The van der Waals surface area contributed by atoms with Crippen LogP contribution in [0, 0.1) is 5.82 Å². The van der Waals surface area contributed by atoms with Gasteiger partial charge in [0, 0.05) is 4.47 Å². The second-order valence-corrected chi connectivity index (χ2v) is 6.36. The van der Waals surface area contributed by atoms with Crippen molar-refractivity contribution >= 4 is 37.8 Å². The molecule has 0 radical (unpaired) electrons. The number of carboxylic acid groups (broad SMARTS) is 1. The number of sulfonamides is 1. The summed E-state index contributed by atoms with van der Waals surface area (Å²) >= 11 is 2.96. The van der Waals surface area contributed by atoms with Crippen LogP contribution in [0.1, 0.15) is 6.42 Å². The Morgan fingerprint density at radius 2 is 2.05 bits per heavy atom. The number of rotatable bonds is 6. The molecule has 1 rings (SSSR count). The minimum atomic E-state index is -4.43. The van der Waals surface area contributed by atoms with E-state index >= 15 is 0 Å². The summed E-state index contributed by atoms with van der Waals surface area (Å²) in [6.07, 6.45) is -0.743. The van der Waals surface area contributed by atoms with E-state index in [-0.39, 0.29) is 0 Å². The van der Waals surface area contributed by atoms with E-state index in [1.54, 1.807) is 4.72 Å². The summed E-state index contributed by atoms with van der Waals surface area (Å²) in [4.78, 5) is 20.8. The number of hydrogen-bond donors (Lipinski definition) is 3. The molecule has 1 atom stereocenters. The van der Waals surface area contributed by atoms with Gasteiger partial charge in [0.1, 0.15) is 16.8 Å². The molecule has 1 aromatic carbocycles. The lowest BCUT2D eigenvalue weighted by Gasteiger charge is -2.13. The molecule has 0 saturated carbocycles. The topological polar surface area (TPSA) is 127 Å². The molecule has 10 heteroatoms. The molecule has 4 N–H and O–H groups in total. The fourth-order valence-electron chi connectivity index (χ4n) is 1.32. The van der Waals surface area contributed by atoms with Gasteiger partial charge in [-0.3, -0.25) is 9.59 Å². The SMILES string of the molecule is NC(=O)CC(NS(=O)(=O)c1ccc(Br)cc1F)C(=O)O. The smallest absolute Gasteiger partial charge is 0.322 e. The van der Waals surface area contributed by atoms with E-state index < -0.39 is 45.1 Å². The van der Waals surface area contributed by atoms with Crippen LogP contribution in [0.25, 0.3) is 0 Å². The van der Waals surface area contributed by atoms with Crippen LogP contribution >= 0.6 is 15.9 Å². The molecule has 0 fully saturated rings. The van der Waals surface area contributed by atoms with Crippen molar-refractivity contribution in [3.05, 3.63) is 28.5 Å². The van der Waals surface area contributed by atoms with Gasteiger partial charge in [-0.1, -0.05) is 15.9 Å². The molecule has 0 heterocycles. The molecule has 0 bridgehead atoms. The highest BCUT2D eigenvalue weighted by Gasteiger charge is 2.28.